The lowest BCUT2D eigenvalue weighted by Crippen LogP contribution is -2.39. The van der Waals surface area contributed by atoms with E-state index in [9.17, 15) is 0 Å². The predicted molar refractivity (Wildman–Crippen MR) is 110 cm³/mol. The van der Waals surface area contributed by atoms with Crippen LogP contribution in [-0.2, 0) is 13.0 Å². The van der Waals surface area contributed by atoms with E-state index in [1.165, 1.54) is 5.01 Å². The number of nitrogens with one attached hydrogen (secondary N) is 1. The summed E-state index contributed by atoms with van der Waals surface area (Å²) < 4.78 is 0. The second-order valence-corrected chi connectivity index (χ2v) is 7.18. The van der Waals surface area contributed by atoms with Crippen molar-refractivity contribution in [3.05, 3.63) is 32.2 Å². The lowest BCUT2D eigenvalue weighted by molar-refractivity contribution is 0.470. The maximum Gasteiger partial charge on any atom is 0.193 e. The topological polar surface area (TPSA) is 53.4 Å². The van der Waals surface area contributed by atoms with E-state index in [1.807, 2.05) is 27.9 Å². The van der Waals surface area contributed by atoms with Gasteiger partial charge in [0.25, 0.3) is 0 Å². The third-order valence-electron chi connectivity index (χ3n) is 3.16. The molecule has 0 saturated carbocycles. The molecular weight excluding hydrogens is 441 g/mol. The summed E-state index contributed by atoms with van der Waals surface area (Å²) in [5, 5.41) is 9.92. The van der Waals surface area contributed by atoms with Gasteiger partial charge in [-0.1, -0.05) is 0 Å². The lowest BCUT2D eigenvalue weighted by atomic mass is 10.3. The molecule has 0 saturated heterocycles. The fraction of sp³-hybridized carbons (Fsp3) is 0.533. The molecule has 23 heavy (non-hydrogen) atoms. The van der Waals surface area contributed by atoms with Crippen LogP contribution < -0.4 is 5.32 Å². The van der Waals surface area contributed by atoms with Crippen molar-refractivity contribution in [3.8, 4) is 0 Å². The first-order chi connectivity index (χ1) is 10.6. The van der Waals surface area contributed by atoms with E-state index in [2.05, 4.69) is 35.9 Å². The summed E-state index contributed by atoms with van der Waals surface area (Å²) in [6.07, 6.45) is 2.06. The van der Waals surface area contributed by atoms with Crippen molar-refractivity contribution in [2.24, 2.45) is 4.99 Å². The van der Waals surface area contributed by atoms with Crippen LogP contribution in [0.1, 0.15) is 27.8 Å². The van der Waals surface area contributed by atoms with Crippen LogP contribution in [0.5, 0.6) is 0 Å². The molecule has 0 aromatic carbocycles. The van der Waals surface area contributed by atoms with E-state index >= 15 is 0 Å². The van der Waals surface area contributed by atoms with Crippen molar-refractivity contribution in [2.45, 2.75) is 33.2 Å². The zero-order valence-electron chi connectivity index (χ0n) is 14.0. The Hall–Kier alpha value is -0.740. The summed E-state index contributed by atoms with van der Waals surface area (Å²) in [5.74, 6) is 0.904. The molecule has 2 rings (SSSR count). The highest BCUT2D eigenvalue weighted by atomic mass is 127. The van der Waals surface area contributed by atoms with Gasteiger partial charge in [-0.2, -0.15) is 0 Å². The van der Waals surface area contributed by atoms with Crippen LogP contribution in [0.25, 0.3) is 0 Å². The molecule has 0 fully saturated rings. The maximum absolute atomic E-state index is 4.49. The molecule has 2 aromatic heterocycles. The molecule has 2 aromatic rings. The van der Waals surface area contributed by atoms with Gasteiger partial charge in [-0.3, -0.25) is 4.99 Å². The number of hydrogen-bond donors (Lipinski definition) is 1. The molecule has 8 heteroatoms. The molecule has 0 aliphatic rings. The first-order valence-corrected chi connectivity index (χ1v) is 9.08. The number of nitrogens with zero attached hydrogens (tertiary/aromatic N) is 4. The second kappa shape index (κ2) is 10.2. The summed E-state index contributed by atoms with van der Waals surface area (Å²) >= 11 is 3.42. The summed E-state index contributed by atoms with van der Waals surface area (Å²) in [7, 11) is 3.85. The van der Waals surface area contributed by atoms with Crippen molar-refractivity contribution in [1.29, 1.82) is 0 Å². The fourth-order valence-corrected chi connectivity index (χ4v) is 3.56. The summed E-state index contributed by atoms with van der Waals surface area (Å²) in [5.41, 5.74) is 2.20. The average molecular weight is 465 g/mol. The molecule has 0 aliphatic carbocycles. The van der Waals surface area contributed by atoms with Crippen LogP contribution >= 0.6 is 46.7 Å². The van der Waals surface area contributed by atoms with E-state index < -0.39 is 0 Å². The zero-order chi connectivity index (χ0) is 15.9. The number of hydrogen-bond acceptors (Lipinski definition) is 5. The Kier molecular flexibility index (Phi) is 9.00. The van der Waals surface area contributed by atoms with E-state index in [1.54, 1.807) is 22.7 Å². The lowest BCUT2D eigenvalue weighted by Gasteiger charge is -2.21. The predicted octanol–water partition coefficient (Wildman–Crippen LogP) is 3.47. The molecule has 0 unspecified atom stereocenters. The van der Waals surface area contributed by atoms with Gasteiger partial charge in [0.05, 0.1) is 22.3 Å². The fourth-order valence-electron chi connectivity index (χ4n) is 2.14. The van der Waals surface area contributed by atoms with E-state index in [0.29, 0.717) is 0 Å². The molecule has 1 N–H and O–H groups in total. The van der Waals surface area contributed by atoms with Gasteiger partial charge >= 0.3 is 0 Å². The van der Waals surface area contributed by atoms with Gasteiger partial charge in [0.15, 0.2) is 5.96 Å². The molecule has 0 aliphatic heterocycles. The maximum atomic E-state index is 4.49. The Morgan fingerprint density at radius 3 is 2.61 bits per heavy atom. The van der Waals surface area contributed by atoms with E-state index in [0.717, 1.165) is 48.3 Å². The van der Waals surface area contributed by atoms with Crippen LogP contribution in [0.2, 0.25) is 0 Å². The minimum Gasteiger partial charge on any atom is -0.356 e. The highest BCUT2D eigenvalue weighted by Gasteiger charge is 2.08. The first kappa shape index (κ1) is 20.3. The number of rotatable bonds is 6. The number of aromatic nitrogens is 2. The summed E-state index contributed by atoms with van der Waals surface area (Å²) in [6.45, 7) is 5.73. The molecule has 0 radical (unpaired) electrons. The highest BCUT2D eigenvalue weighted by Crippen LogP contribution is 2.11. The van der Waals surface area contributed by atoms with Crippen LogP contribution in [0.4, 0.5) is 0 Å². The second-order valence-electron chi connectivity index (χ2n) is 5.17. The van der Waals surface area contributed by atoms with Gasteiger partial charge in [-0.05, 0) is 20.3 Å². The Balaban J connectivity index is 0.00000264. The molecule has 0 bridgehead atoms. The quantitative estimate of drug-likeness (QED) is 0.307. The Morgan fingerprint density at radius 2 is 2.04 bits per heavy atom. The van der Waals surface area contributed by atoms with Crippen molar-refractivity contribution in [1.82, 2.24) is 20.2 Å². The van der Waals surface area contributed by atoms with Crippen molar-refractivity contribution in [3.63, 3.8) is 0 Å². The molecular formula is C15H24IN5S2. The summed E-state index contributed by atoms with van der Waals surface area (Å²) in [4.78, 5) is 15.4. The average Bonchev–Trinajstić information content (AvgIpc) is 3.07. The van der Waals surface area contributed by atoms with Crippen molar-refractivity contribution >= 4 is 52.6 Å². The van der Waals surface area contributed by atoms with Gasteiger partial charge in [0.2, 0.25) is 0 Å². The number of halogens is 1. The largest absolute Gasteiger partial charge is 0.356 e. The highest BCUT2D eigenvalue weighted by molar-refractivity contribution is 14.0. The van der Waals surface area contributed by atoms with E-state index in [4.69, 9.17) is 0 Å². The SMILES string of the molecule is CN=C(NCCCc1nc(C)cs1)N(C)Cc1csc(C)n1.I. The first-order valence-electron chi connectivity index (χ1n) is 7.32. The number of guanidine groups is 1. The monoisotopic (exact) mass is 465 g/mol. The number of aryl methyl sites for hydroxylation is 3. The molecule has 5 nitrogen and oxygen atoms in total. The Bertz CT molecular complexity index is 623. The van der Waals surface area contributed by atoms with Crippen LogP contribution in [-0.4, -0.2) is 41.5 Å². The molecule has 0 amide bonds. The number of thiazole rings is 2. The third kappa shape index (κ3) is 6.72. The minimum absolute atomic E-state index is 0. The minimum atomic E-state index is 0. The summed E-state index contributed by atoms with van der Waals surface area (Å²) in [6, 6.07) is 0. The molecule has 0 spiro atoms. The van der Waals surface area contributed by atoms with E-state index in [-0.39, 0.29) is 24.0 Å². The molecule has 0 atom stereocenters. The Morgan fingerprint density at radius 1 is 1.26 bits per heavy atom. The van der Waals surface area contributed by atoms with Gasteiger partial charge < -0.3 is 10.2 Å². The molecule has 128 valence electrons. The zero-order valence-corrected chi connectivity index (χ0v) is 18.0. The van der Waals surface area contributed by atoms with Crippen molar-refractivity contribution in [2.75, 3.05) is 20.6 Å². The van der Waals surface area contributed by atoms with Gasteiger partial charge in [-0.25, -0.2) is 9.97 Å². The Labute approximate surface area is 163 Å². The van der Waals surface area contributed by atoms with Gasteiger partial charge in [-0.15, -0.1) is 46.7 Å². The normalized spacial score (nSPS) is 11.2. The van der Waals surface area contributed by atoms with Crippen LogP contribution in [0, 0.1) is 13.8 Å². The van der Waals surface area contributed by atoms with Gasteiger partial charge in [0, 0.05) is 43.5 Å². The smallest absolute Gasteiger partial charge is 0.193 e. The van der Waals surface area contributed by atoms with Gasteiger partial charge in [0.1, 0.15) is 0 Å². The van der Waals surface area contributed by atoms with Crippen LogP contribution in [0.15, 0.2) is 15.8 Å². The third-order valence-corrected chi connectivity index (χ3v) is 5.00. The standard InChI is InChI=1S/C15H23N5S2.HI/c1-11-9-22-14(18-11)6-5-7-17-15(16-3)20(4)8-13-10-21-12(2)19-13;/h9-10H,5-8H2,1-4H3,(H,16,17);1H. The van der Waals surface area contributed by atoms with Crippen LogP contribution in [0.3, 0.4) is 0 Å². The number of aliphatic imine (C=N–C) groups is 1. The molecule has 2 heterocycles. The van der Waals surface area contributed by atoms with Crippen molar-refractivity contribution < 1.29 is 0 Å².